The van der Waals surface area contributed by atoms with Gasteiger partial charge >= 0.3 is 0 Å². The fourth-order valence-corrected chi connectivity index (χ4v) is 5.04. The molecule has 0 heterocycles. The van der Waals surface area contributed by atoms with Crippen LogP contribution in [0.1, 0.15) is 58.8 Å². The highest BCUT2D eigenvalue weighted by Gasteiger charge is 2.43. The number of aliphatic hydroxyl groups is 1. The molecule has 0 aromatic carbocycles. The van der Waals surface area contributed by atoms with Crippen LogP contribution in [0, 0.1) is 5.92 Å². The van der Waals surface area contributed by atoms with E-state index in [1.165, 1.54) is 42.9 Å². The molecule has 0 aromatic rings. The molecular formula is C18H34OSi. The smallest absolute Gasteiger partial charge is 0.0850 e. The van der Waals surface area contributed by atoms with Crippen molar-refractivity contribution in [2.24, 2.45) is 5.92 Å². The summed E-state index contributed by atoms with van der Waals surface area (Å²) in [6, 6.07) is 0. The second-order valence-electron chi connectivity index (χ2n) is 7.81. The highest BCUT2D eigenvalue weighted by molar-refractivity contribution is 6.83. The Morgan fingerprint density at radius 1 is 1.20 bits per heavy atom. The minimum absolute atomic E-state index is 0.432. The van der Waals surface area contributed by atoms with E-state index in [1.54, 1.807) is 0 Å². The number of hydrogen-bond donors (Lipinski definition) is 1. The molecule has 0 amide bonds. The Balaban J connectivity index is 2.92. The molecule has 1 rings (SSSR count). The molecule has 1 aliphatic rings. The lowest BCUT2D eigenvalue weighted by Gasteiger charge is -2.44. The van der Waals surface area contributed by atoms with Crippen molar-refractivity contribution in [1.82, 2.24) is 0 Å². The summed E-state index contributed by atoms with van der Waals surface area (Å²) in [4.78, 5) is 0. The van der Waals surface area contributed by atoms with Crippen molar-refractivity contribution in [3.05, 3.63) is 23.4 Å². The van der Waals surface area contributed by atoms with Gasteiger partial charge in [-0.15, -0.1) is 6.58 Å². The van der Waals surface area contributed by atoms with E-state index in [0.717, 1.165) is 12.8 Å². The average Bonchev–Trinajstić information content (AvgIpc) is 2.37. The van der Waals surface area contributed by atoms with Gasteiger partial charge in [-0.2, -0.15) is 0 Å². The lowest BCUT2D eigenvalue weighted by molar-refractivity contribution is -0.000804. The van der Waals surface area contributed by atoms with Crippen molar-refractivity contribution < 1.29 is 5.11 Å². The molecule has 116 valence electrons. The van der Waals surface area contributed by atoms with Crippen LogP contribution in [0.2, 0.25) is 19.6 Å². The first-order valence-corrected chi connectivity index (χ1v) is 11.7. The molecule has 1 fully saturated rings. The van der Waals surface area contributed by atoms with Gasteiger partial charge in [-0.1, -0.05) is 55.7 Å². The summed E-state index contributed by atoms with van der Waals surface area (Å²) in [6.45, 7) is 15.6. The zero-order chi connectivity index (χ0) is 15.4. The van der Waals surface area contributed by atoms with Crippen molar-refractivity contribution in [3.63, 3.8) is 0 Å². The summed E-state index contributed by atoms with van der Waals surface area (Å²) in [7, 11) is -1.52. The van der Waals surface area contributed by atoms with E-state index in [0.29, 0.717) is 5.92 Å². The van der Waals surface area contributed by atoms with Crippen molar-refractivity contribution in [1.29, 1.82) is 0 Å². The Bertz CT molecular complexity index is 354. The molecule has 0 radical (unpaired) electrons. The van der Waals surface area contributed by atoms with Gasteiger partial charge < -0.3 is 5.11 Å². The molecule has 0 bridgehead atoms. The Morgan fingerprint density at radius 3 is 2.20 bits per heavy atom. The summed E-state index contributed by atoms with van der Waals surface area (Å²) in [5, 5.41) is 12.6. The van der Waals surface area contributed by atoms with Gasteiger partial charge in [0, 0.05) is 0 Å². The fourth-order valence-electron chi connectivity index (χ4n) is 3.41. The quantitative estimate of drug-likeness (QED) is 0.508. The topological polar surface area (TPSA) is 20.2 Å². The van der Waals surface area contributed by atoms with Crippen LogP contribution < -0.4 is 0 Å². The predicted molar refractivity (Wildman–Crippen MR) is 92.7 cm³/mol. The van der Waals surface area contributed by atoms with Crippen LogP contribution >= 0.6 is 0 Å². The van der Waals surface area contributed by atoms with Crippen LogP contribution in [-0.4, -0.2) is 18.8 Å². The van der Waals surface area contributed by atoms with Crippen LogP contribution in [0.4, 0.5) is 0 Å². The van der Waals surface area contributed by atoms with Crippen LogP contribution in [-0.2, 0) is 0 Å². The van der Waals surface area contributed by atoms with E-state index in [4.69, 9.17) is 0 Å². The summed E-state index contributed by atoms with van der Waals surface area (Å²) < 4.78 is 0. The second-order valence-corrected chi connectivity index (χ2v) is 12.9. The van der Waals surface area contributed by atoms with Crippen LogP contribution in [0.3, 0.4) is 0 Å². The van der Waals surface area contributed by atoms with Crippen LogP contribution in [0.15, 0.2) is 23.4 Å². The van der Waals surface area contributed by atoms with E-state index in [2.05, 4.69) is 46.1 Å². The van der Waals surface area contributed by atoms with E-state index in [1.807, 2.05) is 0 Å². The zero-order valence-corrected chi connectivity index (χ0v) is 15.3. The van der Waals surface area contributed by atoms with E-state index >= 15 is 0 Å². The first-order valence-electron chi connectivity index (χ1n) is 8.23. The Hall–Kier alpha value is -0.343. The zero-order valence-electron chi connectivity index (χ0n) is 14.3. The maximum Gasteiger partial charge on any atom is 0.0850 e. The van der Waals surface area contributed by atoms with Crippen LogP contribution in [0.25, 0.3) is 0 Å². The summed E-state index contributed by atoms with van der Waals surface area (Å²) >= 11 is 0. The number of hydrogen-bond acceptors (Lipinski definition) is 1. The van der Waals surface area contributed by atoms with Gasteiger partial charge in [0.15, 0.2) is 0 Å². The number of allylic oxidation sites excluding steroid dienone is 2. The Kier molecular flexibility index (Phi) is 6.27. The molecule has 1 saturated carbocycles. The predicted octanol–water partition coefficient (Wildman–Crippen LogP) is 5.48. The normalized spacial score (nSPS) is 20.3. The SMILES string of the molecule is C=C(C(O)(CCC=C(C)C)C1CCCCC1)[Si](C)(C)C. The standard InChI is InChI=1S/C18H34OSi/c1-15(2)11-10-14-18(19,16(3)20(4,5)6)17-12-8-7-9-13-17/h11,17,19H,3,7-10,12-14H2,1-2,4-6H3. The third kappa shape index (κ3) is 4.59. The summed E-state index contributed by atoms with van der Waals surface area (Å²) in [5.74, 6) is 0.432. The molecule has 2 heteroatoms. The molecule has 1 unspecified atom stereocenters. The van der Waals surface area contributed by atoms with Gasteiger partial charge in [0.2, 0.25) is 0 Å². The second kappa shape index (κ2) is 7.08. The van der Waals surface area contributed by atoms with Crippen molar-refractivity contribution in [2.75, 3.05) is 0 Å². The van der Waals surface area contributed by atoms with Crippen molar-refractivity contribution in [2.45, 2.75) is 84.0 Å². The molecular weight excluding hydrogens is 260 g/mol. The largest absolute Gasteiger partial charge is 0.386 e. The van der Waals surface area contributed by atoms with E-state index in [-0.39, 0.29) is 0 Å². The maximum absolute atomic E-state index is 11.5. The lowest BCUT2D eigenvalue weighted by atomic mass is 9.74. The van der Waals surface area contributed by atoms with Gasteiger partial charge in [-0.3, -0.25) is 0 Å². The molecule has 1 aliphatic carbocycles. The minimum atomic E-state index is -1.52. The minimum Gasteiger partial charge on any atom is -0.386 e. The highest BCUT2D eigenvalue weighted by Crippen LogP contribution is 2.42. The van der Waals surface area contributed by atoms with Gasteiger partial charge in [0.05, 0.1) is 13.7 Å². The highest BCUT2D eigenvalue weighted by atomic mass is 28.3. The molecule has 20 heavy (non-hydrogen) atoms. The molecule has 0 saturated heterocycles. The van der Waals surface area contributed by atoms with Gasteiger partial charge in [0.25, 0.3) is 0 Å². The number of rotatable bonds is 6. The monoisotopic (exact) mass is 294 g/mol. The van der Waals surface area contributed by atoms with Crippen LogP contribution in [0.5, 0.6) is 0 Å². The fraction of sp³-hybridized carbons (Fsp3) is 0.778. The maximum atomic E-state index is 11.5. The van der Waals surface area contributed by atoms with Gasteiger partial charge in [0.1, 0.15) is 0 Å². The van der Waals surface area contributed by atoms with Gasteiger partial charge in [-0.25, -0.2) is 0 Å². The molecule has 1 N–H and O–H groups in total. The Labute approximate surface area is 127 Å². The van der Waals surface area contributed by atoms with Crippen molar-refractivity contribution in [3.8, 4) is 0 Å². The molecule has 1 atom stereocenters. The summed E-state index contributed by atoms with van der Waals surface area (Å²) in [6.07, 6.45) is 10.3. The molecule has 1 nitrogen and oxygen atoms in total. The van der Waals surface area contributed by atoms with E-state index < -0.39 is 13.7 Å². The van der Waals surface area contributed by atoms with Gasteiger partial charge in [-0.05, 0) is 45.4 Å². The molecule has 0 aliphatic heterocycles. The molecule has 0 spiro atoms. The molecule has 0 aromatic heterocycles. The average molecular weight is 295 g/mol. The third-order valence-electron chi connectivity index (χ3n) is 4.79. The van der Waals surface area contributed by atoms with Crippen molar-refractivity contribution >= 4 is 8.07 Å². The third-order valence-corrected chi connectivity index (χ3v) is 7.03. The summed E-state index contributed by atoms with van der Waals surface area (Å²) in [5.41, 5.74) is 0.714. The first-order chi connectivity index (χ1) is 9.18. The first kappa shape index (κ1) is 17.7. The van der Waals surface area contributed by atoms with E-state index in [9.17, 15) is 5.11 Å². The lowest BCUT2D eigenvalue weighted by Crippen LogP contribution is -2.48. The Morgan fingerprint density at radius 2 is 1.75 bits per heavy atom.